The predicted octanol–water partition coefficient (Wildman–Crippen LogP) is 1.90. The first-order chi connectivity index (χ1) is 13.0. The average Bonchev–Trinajstić information content (AvgIpc) is 2.66. The molecular weight excluding hydrogens is 385 g/mol. The van der Waals surface area contributed by atoms with E-state index in [1.807, 2.05) is 35.2 Å². The Kier molecular flexibility index (Phi) is 6.72. The SMILES string of the molecule is O=C(C[NH+]1CCN(C(=O)Cc2ccccc2Cl)CC1)Nc1ccccc1Cl. The van der Waals surface area contributed by atoms with E-state index in [0.29, 0.717) is 41.8 Å². The molecule has 2 N–H and O–H groups in total. The molecule has 2 aromatic rings. The zero-order valence-electron chi connectivity index (χ0n) is 14.9. The lowest BCUT2D eigenvalue weighted by Crippen LogP contribution is -3.15. The largest absolute Gasteiger partial charge is 0.331 e. The summed E-state index contributed by atoms with van der Waals surface area (Å²) in [5.74, 6) is -0.00314. The van der Waals surface area contributed by atoms with Crippen molar-refractivity contribution in [3.05, 3.63) is 64.1 Å². The zero-order valence-corrected chi connectivity index (χ0v) is 16.4. The maximum atomic E-state index is 12.5. The van der Waals surface area contributed by atoms with Crippen LogP contribution in [0.3, 0.4) is 0 Å². The Morgan fingerprint density at radius 3 is 2.26 bits per heavy atom. The highest BCUT2D eigenvalue weighted by Gasteiger charge is 2.25. The fourth-order valence-corrected chi connectivity index (χ4v) is 3.54. The standard InChI is InChI=1S/C20H21Cl2N3O2/c21-16-6-2-1-5-15(16)13-20(27)25-11-9-24(10-12-25)14-19(26)23-18-8-4-3-7-17(18)22/h1-8H,9-14H2,(H,23,26)/p+1. The second kappa shape index (κ2) is 9.22. The Morgan fingerprint density at radius 2 is 1.59 bits per heavy atom. The summed E-state index contributed by atoms with van der Waals surface area (Å²) in [4.78, 5) is 27.7. The van der Waals surface area contributed by atoms with Crippen molar-refractivity contribution in [2.45, 2.75) is 6.42 Å². The van der Waals surface area contributed by atoms with Gasteiger partial charge in [-0.25, -0.2) is 0 Å². The van der Waals surface area contributed by atoms with Crippen LogP contribution >= 0.6 is 23.2 Å². The molecule has 3 rings (SSSR count). The molecule has 0 unspecified atom stereocenters. The molecule has 0 spiro atoms. The Labute approximate surface area is 168 Å². The van der Waals surface area contributed by atoms with Crippen LogP contribution in [-0.2, 0) is 16.0 Å². The van der Waals surface area contributed by atoms with Gasteiger partial charge in [-0.05, 0) is 23.8 Å². The molecule has 0 aliphatic carbocycles. The number of quaternary nitrogens is 1. The van der Waals surface area contributed by atoms with Gasteiger partial charge in [0.25, 0.3) is 5.91 Å². The van der Waals surface area contributed by atoms with E-state index in [1.165, 1.54) is 0 Å². The first-order valence-corrected chi connectivity index (χ1v) is 9.67. The monoisotopic (exact) mass is 406 g/mol. The lowest BCUT2D eigenvalue weighted by Gasteiger charge is -2.32. The average molecular weight is 407 g/mol. The van der Waals surface area contributed by atoms with E-state index in [4.69, 9.17) is 23.2 Å². The number of carbonyl (C=O) groups excluding carboxylic acids is 2. The van der Waals surface area contributed by atoms with Gasteiger partial charge in [0.05, 0.1) is 43.3 Å². The quantitative estimate of drug-likeness (QED) is 0.796. The normalized spacial score (nSPS) is 14.8. The highest BCUT2D eigenvalue weighted by Crippen LogP contribution is 2.20. The third-order valence-corrected chi connectivity index (χ3v) is 5.38. The first-order valence-electron chi connectivity index (χ1n) is 8.92. The number of amides is 2. The topological polar surface area (TPSA) is 53.9 Å². The Balaban J connectivity index is 1.46. The number of para-hydroxylation sites is 1. The molecule has 1 aliphatic rings. The number of benzene rings is 2. The summed E-state index contributed by atoms with van der Waals surface area (Å²) in [6.07, 6.45) is 0.308. The molecule has 1 heterocycles. The van der Waals surface area contributed by atoms with Crippen molar-refractivity contribution in [2.75, 3.05) is 38.0 Å². The molecule has 2 aromatic carbocycles. The van der Waals surface area contributed by atoms with E-state index in [9.17, 15) is 9.59 Å². The fourth-order valence-electron chi connectivity index (χ4n) is 3.15. The van der Waals surface area contributed by atoms with E-state index in [1.54, 1.807) is 18.2 Å². The Bertz CT molecular complexity index is 820. The smallest absolute Gasteiger partial charge is 0.279 e. The Morgan fingerprint density at radius 1 is 0.963 bits per heavy atom. The van der Waals surface area contributed by atoms with Crippen LogP contribution < -0.4 is 10.2 Å². The lowest BCUT2D eigenvalue weighted by atomic mass is 10.1. The minimum Gasteiger partial charge on any atom is -0.331 e. The van der Waals surface area contributed by atoms with Crippen molar-refractivity contribution in [1.82, 2.24) is 4.90 Å². The molecule has 0 atom stereocenters. The summed E-state index contributed by atoms with van der Waals surface area (Å²) in [5.41, 5.74) is 1.47. The summed E-state index contributed by atoms with van der Waals surface area (Å²) in [6, 6.07) is 14.6. The number of carbonyl (C=O) groups is 2. The van der Waals surface area contributed by atoms with E-state index in [2.05, 4.69) is 5.32 Å². The van der Waals surface area contributed by atoms with Crippen LogP contribution in [0.25, 0.3) is 0 Å². The van der Waals surface area contributed by atoms with Crippen molar-refractivity contribution in [3.63, 3.8) is 0 Å². The van der Waals surface area contributed by atoms with Crippen LogP contribution in [0.5, 0.6) is 0 Å². The van der Waals surface area contributed by atoms with Gasteiger partial charge in [0.2, 0.25) is 5.91 Å². The fraction of sp³-hybridized carbons (Fsp3) is 0.300. The summed E-state index contributed by atoms with van der Waals surface area (Å²) in [5, 5.41) is 3.98. The van der Waals surface area contributed by atoms with Gasteiger partial charge in [0.1, 0.15) is 0 Å². The highest BCUT2D eigenvalue weighted by molar-refractivity contribution is 6.33. The van der Waals surface area contributed by atoms with E-state index in [0.717, 1.165) is 23.6 Å². The van der Waals surface area contributed by atoms with Crippen LogP contribution in [-0.4, -0.2) is 49.4 Å². The second-order valence-corrected chi connectivity index (χ2v) is 7.42. The molecule has 0 saturated carbocycles. The molecule has 0 aromatic heterocycles. The molecule has 1 aliphatic heterocycles. The number of nitrogens with one attached hydrogen (secondary N) is 2. The number of halogens is 2. The molecule has 0 radical (unpaired) electrons. The summed E-state index contributed by atoms with van der Waals surface area (Å²) < 4.78 is 0. The van der Waals surface area contributed by atoms with E-state index in [-0.39, 0.29) is 11.8 Å². The third-order valence-electron chi connectivity index (χ3n) is 4.68. The van der Waals surface area contributed by atoms with Crippen molar-refractivity contribution in [3.8, 4) is 0 Å². The number of nitrogens with zero attached hydrogens (tertiary/aromatic N) is 1. The summed E-state index contributed by atoms with van der Waals surface area (Å²) in [6.45, 7) is 3.11. The zero-order chi connectivity index (χ0) is 19.2. The molecule has 0 bridgehead atoms. The third kappa shape index (κ3) is 5.45. The second-order valence-electron chi connectivity index (χ2n) is 6.60. The molecule has 7 heteroatoms. The van der Waals surface area contributed by atoms with Crippen LogP contribution in [0.2, 0.25) is 10.0 Å². The minimum absolute atomic E-state index is 0.0719. The van der Waals surface area contributed by atoms with Gasteiger partial charge < -0.3 is 15.1 Å². The molecule has 142 valence electrons. The molecule has 1 fully saturated rings. The van der Waals surface area contributed by atoms with Crippen molar-refractivity contribution in [1.29, 1.82) is 0 Å². The van der Waals surface area contributed by atoms with Crippen molar-refractivity contribution in [2.24, 2.45) is 0 Å². The number of hydrogen-bond donors (Lipinski definition) is 2. The predicted molar refractivity (Wildman–Crippen MR) is 107 cm³/mol. The lowest BCUT2D eigenvalue weighted by molar-refractivity contribution is -0.895. The van der Waals surface area contributed by atoms with Crippen LogP contribution in [0, 0.1) is 0 Å². The number of anilines is 1. The minimum atomic E-state index is -0.0751. The number of hydrogen-bond acceptors (Lipinski definition) is 2. The molecule has 1 saturated heterocycles. The molecule has 5 nitrogen and oxygen atoms in total. The van der Waals surface area contributed by atoms with E-state index < -0.39 is 0 Å². The van der Waals surface area contributed by atoms with Gasteiger partial charge in [-0.3, -0.25) is 9.59 Å². The van der Waals surface area contributed by atoms with Gasteiger partial charge in [0, 0.05) is 5.02 Å². The summed E-state index contributed by atoms with van der Waals surface area (Å²) >= 11 is 12.2. The van der Waals surface area contributed by atoms with Crippen LogP contribution in [0.1, 0.15) is 5.56 Å². The van der Waals surface area contributed by atoms with Crippen LogP contribution in [0.4, 0.5) is 5.69 Å². The summed E-state index contributed by atoms with van der Waals surface area (Å²) in [7, 11) is 0. The van der Waals surface area contributed by atoms with Gasteiger partial charge in [-0.15, -0.1) is 0 Å². The highest BCUT2D eigenvalue weighted by atomic mass is 35.5. The first kappa shape index (κ1) is 19.7. The van der Waals surface area contributed by atoms with Gasteiger partial charge >= 0.3 is 0 Å². The number of rotatable bonds is 5. The molecule has 2 amide bonds. The molecular formula is C20H22Cl2N3O2+. The van der Waals surface area contributed by atoms with Gasteiger partial charge in [0.15, 0.2) is 6.54 Å². The van der Waals surface area contributed by atoms with E-state index >= 15 is 0 Å². The van der Waals surface area contributed by atoms with Crippen LogP contribution in [0.15, 0.2) is 48.5 Å². The van der Waals surface area contributed by atoms with Crippen molar-refractivity contribution < 1.29 is 14.5 Å². The number of piperazine rings is 1. The molecule has 27 heavy (non-hydrogen) atoms. The van der Waals surface area contributed by atoms with Crippen molar-refractivity contribution >= 4 is 40.7 Å². The van der Waals surface area contributed by atoms with Gasteiger partial charge in [-0.1, -0.05) is 53.5 Å². The van der Waals surface area contributed by atoms with Gasteiger partial charge in [-0.2, -0.15) is 0 Å². The maximum Gasteiger partial charge on any atom is 0.279 e. The Hall–Kier alpha value is -2.08. The maximum absolute atomic E-state index is 12.5.